The van der Waals surface area contributed by atoms with Crippen LogP contribution < -0.4 is 25.4 Å². The molecule has 1 unspecified atom stereocenters. The molecular formula is C27H29N3O4S2. The van der Waals surface area contributed by atoms with Gasteiger partial charge in [0.2, 0.25) is 5.91 Å². The maximum Gasteiger partial charge on any atom is 0.237 e. The zero-order valence-electron chi connectivity index (χ0n) is 20.6. The number of thiocarbonyl (C=S) groups is 1. The number of ether oxygens (including phenoxy) is 2. The van der Waals surface area contributed by atoms with Crippen LogP contribution in [0.2, 0.25) is 0 Å². The molecular weight excluding hydrogens is 494 g/mol. The first-order chi connectivity index (χ1) is 17.3. The molecule has 36 heavy (non-hydrogen) atoms. The number of hydrogen-bond donors (Lipinski definition) is 3. The van der Waals surface area contributed by atoms with Gasteiger partial charge in [-0.15, -0.1) is 11.8 Å². The number of carbonyl (C=O) groups is 2. The SMILES string of the molecule is CCC(Sc1cccc(NC(=S)Nc2ccc(C(C)=O)cc2)c1)C(=O)Nc1cc(OC)ccc1OC. The summed E-state index contributed by atoms with van der Waals surface area (Å²) in [4.78, 5) is 25.4. The van der Waals surface area contributed by atoms with E-state index in [2.05, 4.69) is 16.0 Å². The smallest absolute Gasteiger partial charge is 0.237 e. The van der Waals surface area contributed by atoms with E-state index in [-0.39, 0.29) is 16.9 Å². The summed E-state index contributed by atoms with van der Waals surface area (Å²) >= 11 is 6.90. The van der Waals surface area contributed by atoms with Gasteiger partial charge in [0.05, 0.1) is 25.2 Å². The summed E-state index contributed by atoms with van der Waals surface area (Å²) < 4.78 is 10.6. The van der Waals surface area contributed by atoms with Gasteiger partial charge in [0.25, 0.3) is 0 Å². The lowest BCUT2D eigenvalue weighted by Crippen LogP contribution is -2.24. The van der Waals surface area contributed by atoms with Crippen LogP contribution in [-0.4, -0.2) is 36.3 Å². The molecule has 0 radical (unpaired) electrons. The molecule has 7 nitrogen and oxygen atoms in total. The van der Waals surface area contributed by atoms with Gasteiger partial charge in [-0.2, -0.15) is 0 Å². The van der Waals surface area contributed by atoms with Gasteiger partial charge in [-0.05, 0) is 80.2 Å². The molecule has 3 N–H and O–H groups in total. The van der Waals surface area contributed by atoms with Gasteiger partial charge in [0, 0.05) is 27.9 Å². The fourth-order valence-electron chi connectivity index (χ4n) is 3.34. The van der Waals surface area contributed by atoms with Crippen molar-refractivity contribution >= 4 is 57.8 Å². The lowest BCUT2D eigenvalue weighted by atomic mass is 10.1. The highest BCUT2D eigenvalue weighted by Crippen LogP contribution is 2.32. The lowest BCUT2D eigenvalue weighted by molar-refractivity contribution is -0.115. The molecule has 3 aromatic rings. The van der Waals surface area contributed by atoms with Crippen LogP contribution in [0.3, 0.4) is 0 Å². The minimum atomic E-state index is -0.318. The summed E-state index contributed by atoms with van der Waals surface area (Å²) in [6.45, 7) is 3.50. The molecule has 0 bridgehead atoms. The summed E-state index contributed by atoms with van der Waals surface area (Å²) in [5.74, 6) is 1.08. The standard InChI is InChI=1S/C27H29N3O4S2/c1-5-25(26(32)30-23-16-21(33-3)13-14-24(23)34-4)36-22-8-6-7-20(15-22)29-27(35)28-19-11-9-18(10-12-19)17(2)31/h6-16,25H,5H2,1-4H3,(H,30,32)(H2,28,29,35). The summed E-state index contributed by atoms with van der Waals surface area (Å²) in [6.07, 6.45) is 0.636. The molecule has 3 rings (SSSR count). The van der Waals surface area contributed by atoms with Crippen LogP contribution in [0.25, 0.3) is 0 Å². The number of ketones is 1. The molecule has 9 heteroatoms. The second-order valence-corrected chi connectivity index (χ2v) is 9.50. The van der Waals surface area contributed by atoms with E-state index >= 15 is 0 Å². The molecule has 3 aromatic carbocycles. The third-order valence-electron chi connectivity index (χ3n) is 5.25. The second-order valence-electron chi connectivity index (χ2n) is 7.81. The topological polar surface area (TPSA) is 88.7 Å². The number of anilines is 3. The van der Waals surface area contributed by atoms with Crippen molar-refractivity contribution in [3.05, 3.63) is 72.3 Å². The molecule has 0 heterocycles. The molecule has 0 aliphatic carbocycles. The molecule has 1 atom stereocenters. The van der Waals surface area contributed by atoms with E-state index in [0.29, 0.717) is 34.3 Å². The molecule has 0 aliphatic rings. The molecule has 0 aliphatic heterocycles. The summed E-state index contributed by atoms with van der Waals surface area (Å²) in [5.41, 5.74) is 2.77. The Hall–Kier alpha value is -3.56. The van der Waals surface area contributed by atoms with Gasteiger partial charge in [-0.25, -0.2) is 0 Å². The molecule has 0 spiro atoms. The van der Waals surface area contributed by atoms with Gasteiger partial charge in [-0.3, -0.25) is 9.59 Å². The van der Waals surface area contributed by atoms with Gasteiger partial charge in [-0.1, -0.05) is 13.0 Å². The molecule has 188 valence electrons. The fourth-order valence-corrected chi connectivity index (χ4v) is 4.59. The Morgan fingerprint density at radius 3 is 2.28 bits per heavy atom. The minimum Gasteiger partial charge on any atom is -0.497 e. The number of benzene rings is 3. The number of methoxy groups -OCH3 is 2. The van der Waals surface area contributed by atoms with Crippen LogP contribution in [0.15, 0.2) is 71.6 Å². The highest BCUT2D eigenvalue weighted by molar-refractivity contribution is 8.00. The summed E-state index contributed by atoms with van der Waals surface area (Å²) in [7, 11) is 3.13. The van der Waals surface area contributed by atoms with Crippen molar-refractivity contribution in [1.29, 1.82) is 0 Å². The van der Waals surface area contributed by atoms with Gasteiger partial charge >= 0.3 is 0 Å². The van der Waals surface area contributed by atoms with Crippen molar-refractivity contribution in [1.82, 2.24) is 0 Å². The van der Waals surface area contributed by atoms with Crippen molar-refractivity contribution in [2.75, 3.05) is 30.2 Å². The number of thioether (sulfide) groups is 1. The Morgan fingerprint density at radius 1 is 0.917 bits per heavy atom. The number of amides is 1. The van der Waals surface area contributed by atoms with Crippen LogP contribution >= 0.6 is 24.0 Å². The van der Waals surface area contributed by atoms with E-state index in [1.165, 1.54) is 18.7 Å². The maximum atomic E-state index is 13.1. The van der Waals surface area contributed by atoms with Crippen molar-refractivity contribution in [2.24, 2.45) is 0 Å². The second kappa shape index (κ2) is 12.9. The highest BCUT2D eigenvalue weighted by Gasteiger charge is 2.20. The number of nitrogens with one attached hydrogen (secondary N) is 3. The van der Waals surface area contributed by atoms with Crippen molar-refractivity contribution in [2.45, 2.75) is 30.4 Å². The quantitative estimate of drug-likeness (QED) is 0.164. The average Bonchev–Trinajstić information content (AvgIpc) is 2.87. The van der Waals surface area contributed by atoms with Crippen molar-refractivity contribution in [3.63, 3.8) is 0 Å². The van der Waals surface area contributed by atoms with Crippen LogP contribution in [0.4, 0.5) is 17.1 Å². The van der Waals surface area contributed by atoms with Gasteiger partial charge in [0.15, 0.2) is 10.9 Å². The zero-order chi connectivity index (χ0) is 26.1. The van der Waals surface area contributed by atoms with Crippen LogP contribution in [0, 0.1) is 0 Å². The summed E-state index contributed by atoms with van der Waals surface area (Å²) in [5, 5.41) is 9.34. The van der Waals surface area contributed by atoms with E-state index < -0.39 is 0 Å². The first-order valence-corrected chi connectivity index (χ1v) is 12.6. The van der Waals surface area contributed by atoms with E-state index in [4.69, 9.17) is 21.7 Å². The highest BCUT2D eigenvalue weighted by atomic mass is 32.2. The first kappa shape index (κ1) is 27.0. The molecule has 1 amide bonds. The third kappa shape index (κ3) is 7.47. The van der Waals surface area contributed by atoms with E-state index in [1.54, 1.807) is 56.7 Å². The number of rotatable bonds is 10. The Bertz CT molecular complexity index is 1230. The van der Waals surface area contributed by atoms with Crippen molar-refractivity contribution in [3.8, 4) is 11.5 Å². The van der Waals surface area contributed by atoms with E-state index in [0.717, 1.165) is 16.3 Å². The first-order valence-electron chi connectivity index (χ1n) is 11.3. The number of hydrogen-bond acceptors (Lipinski definition) is 6. The largest absolute Gasteiger partial charge is 0.497 e. The number of Topliss-reactive ketones (excluding diaryl/α,β-unsaturated/α-hetero) is 1. The van der Waals surface area contributed by atoms with Crippen molar-refractivity contribution < 1.29 is 19.1 Å². The maximum absolute atomic E-state index is 13.1. The number of carbonyl (C=O) groups excluding carboxylic acids is 2. The lowest BCUT2D eigenvalue weighted by Gasteiger charge is -2.17. The predicted molar refractivity (Wildman–Crippen MR) is 151 cm³/mol. The molecule has 0 aromatic heterocycles. The molecule has 0 saturated heterocycles. The molecule has 0 fully saturated rings. The Kier molecular flexibility index (Phi) is 9.72. The van der Waals surface area contributed by atoms with Crippen LogP contribution in [-0.2, 0) is 4.79 Å². The fraction of sp³-hybridized carbons (Fsp3) is 0.222. The predicted octanol–water partition coefficient (Wildman–Crippen LogP) is 6.22. The minimum absolute atomic E-state index is 0.0123. The normalized spacial score (nSPS) is 11.2. The van der Waals surface area contributed by atoms with Crippen LogP contribution in [0.5, 0.6) is 11.5 Å². The van der Waals surface area contributed by atoms with E-state index in [1.807, 2.05) is 31.2 Å². The third-order valence-corrected chi connectivity index (χ3v) is 6.81. The molecule has 0 saturated carbocycles. The Morgan fingerprint density at radius 2 is 1.64 bits per heavy atom. The van der Waals surface area contributed by atoms with E-state index in [9.17, 15) is 9.59 Å². The van der Waals surface area contributed by atoms with Gasteiger partial charge in [0.1, 0.15) is 11.5 Å². The van der Waals surface area contributed by atoms with Gasteiger partial charge < -0.3 is 25.4 Å². The monoisotopic (exact) mass is 523 g/mol. The zero-order valence-corrected chi connectivity index (χ0v) is 22.2. The Labute approximate surface area is 221 Å². The summed E-state index contributed by atoms with van der Waals surface area (Å²) in [6, 6.07) is 20.1. The average molecular weight is 524 g/mol. The van der Waals surface area contributed by atoms with Crippen LogP contribution in [0.1, 0.15) is 30.6 Å². The Balaban J connectivity index is 1.63.